The third kappa shape index (κ3) is 3.71. The lowest BCUT2D eigenvalue weighted by molar-refractivity contribution is 0.119. The van der Waals surface area contributed by atoms with Gasteiger partial charge in [-0.25, -0.2) is 0 Å². The van der Waals surface area contributed by atoms with Crippen molar-refractivity contribution in [2.75, 3.05) is 5.73 Å². The minimum Gasteiger partial charge on any atom is -0.472 e. The van der Waals surface area contributed by atoms with Crippen molar-refractivity contribution in [1.82, 2.24) is 4.57 Å². The summed E-state index contributed by atoms with van der Waals surface area (Å²) in [4.78, 5) is 0. The lowest BCUT2D eigenvalue weighted by Gasteiger charge is -2.23. The fourth-order valence-corrected chi connectivity index (χ4v) is 2.10. The molecule has 0 radical (unpaired) electrons. The lowest BCUT2D eigenvalue weighted by Crippen LogP contribution is -2.25. The van der Waals surface area contributed by atoms with Crippen molar-refractivity contribution in [3.05, 3.63) is 46.6 Å². The van der Waals surface area contributed by atoms with Gasteiger partial charge in [-0.1, -0.05) is 23.7 Å². The Morgan fingerprint density at radius 3 is 2.43 bits per heavy atom. The number of nitrogens with two attached hydrogens (primary N) is 1. The summed E-state index contributed by atoms with van der Waals surface area (Å²) >= 11 is 5.89. The Labute approximate surface area is 129 Å². The molecule has 5 heteroatoms. The molecule has 0 atom stereocenters. The van der Waals surface area contributed by atoms with Gasteiger partial charge < -0.3 is 10.5 Å². The molecule has 0 spiro atoms. The molecule has 0 aliphatic rings. The molecule has 0 aliphatic carbocycles. The van der Waals surface area contributed by atoms with Gasteiger partial charge in [-0.2, -0.15) is 5.26 Å². The van der Waals surface area contributed by atoms with Gasteiger partial charge in [0.15, 0.2) is 0 Å². The average Bonchev–Trinajstić information content (AvgIpc) is 2.68. The number of halogens is 1. The summed E-state index contributed by atoms with van der Waals surface area (Å²) in [5.41, 5.74) is 7.55. The van der Waals surface area contributed by atoms with Gasteiger partial charge in [0.2, 0.25) is 5.88 Å². The van der Waals surface area contributed by atoms with Crippen molar-refractivity contribution >= 4 is 17.3 Å². The highest BCUT2D eigenvalue weighted by Crippen LogP contribution is 2.30. The van der Waals surface area contributed by atoms with Gasteiger partial charge in [0, 0.05) is 11.1 Å². The van der Waals surface area contributed by atoms with E-state index in [1.807, 2.05) is 45.0 Å². The van der Waals surface area contributed by atoms with Crippen molar-refractivity contribution in [2.45, 2.75) is 32.9 Å². The second-order valence-electron chi connectivity index (χ2n) is 5.83. The molecule has 0 bridgehead atoms. The molecule has 0 unspecified atom stereocenters. The van der Waals surface area contributed by atoms with Gasteiger partial charge in [0.1, 0.15) is 17.4 Å². The van der Waals surface area contributed by atoms with Crippen LogP contribution in [0.2, 0.25) is 5.02 Å². The van der Waals surface area contributed by atoms with Crippen LogP contribution in [0.5, 0.6) is 5.88 Å². The van der Waals surface area contributed by atoms with E-state index in [-0.39, 0.29) is 0 Å². The number of rotatable bonds is 3. The molecule has 1 aromatic heterocycles. The van der Waals surface area contributed by atoms with Crippen LogP contribution in [-0.2, 0) is 6.54 Å². The maximum Gasteiger partial charge on any atom is 0.219 e. The first-order valence-corrected chi connectivity index (χ1v) is 7.00. The van der Waals surface area contributed by atoms with E-state index in [4.69, 9.17) is 22.1 Å². The number of hydrogen-bond acceptors (Lipinski definition) is 3. The number of ether oxygens (including phenoxy) is 1. The molecule has 0 amide bonds. The summed E-state index contributed by atoms with van der Waals surface area (Å²) in [6, 6.07) is 11.3. The Kier molecular flexibility index (Phi) is 4.15. The zero-order chi connectivity index (χ0) is 15.6. The summed E-state index contributed by atoms with van der Waals surface area (Å²) in [7, 11) is 0. The Morgan fingerprint density at radius 2 is 1.90 bits per heavy atom. The number of benzene rings is 1. The zero-order valence-corrected chi connectivity index (χ0v) is 13.1. The molecule has 21 heavy (non-hydrogen) atoms. The molecular formula is C16H18ClN3O. The van der Waals surface area contributed by atoms with Crippen LogP contribution in [-0.4, -0.2) is 10.2 Å². The van der Waals surface area contributed by atoms with Crippen LogP contribution in [0.25, 0.3) is 0 Å². The van der Waals surface area contributed by atoms with Gasteiger partial charge in [-0.05, 0) is 38.5 Å². The van der Waals surface area contributed by atoms with Crippen molar-refractivity contribution < 1.29 is 4.74 Å². The van der Waals surface area contributed by atoms with Crippen molar-refractivity contribution in [3.63, 3.8) is 0 Å². The maximum absolute atomic E-state index is 9.27. The predicted octanol–water partition coefficient (Wildman–Crippen LogP) is 3.82. The van der Waals surface area contributed by atoms with Gasteiger partial charge >= 0.3 is 0 Å². The first kappa shape index (κ1) is 15.3. The topological polar surface area (TPSA) is 64.0 Å². The van der Waals surface area contributed by atoms with Crippen LogP contribution in [0.3, 0.4) is 0 Å². The zero-order valence-electron chi connectivity index (χ0n) is 12.4. The summed E-state index contributed by atoms with van der Waals surface area (Å²) < 4.78 is 7.68. The van der Waals surface area contributed by atoms with Crippen molar-refractivity contribution in [2.24, 2.45) is 0 Å². The summed E-state index contributed by atoms with van der Waals surface area (Å²) in [6.07, 6.45) is 0. The highest BCUT2D eigenvalue weighted by Gasteiger charge is 2.20. The van der Waals surface area contributed by atoms with E-state index in [1.165, 1.54) is 0 Å². The first-order chi connectivity index (χ1) is 9.80. The second kappa shape index (κ2) is 5.71. The number of hydrogen-bond donors (Lipinski definition) is 1. The van der Waals surface area contributed by atoms with E-state index < -0.39 is 5.60 Å². The van der Waals surface area contributed by atoms with E-state index in [2.05, 4.69) is 6.07 Å². The summed E-state index contributed by atoms with van der Waals surface area (Å²) in [5, 5.41) is 9.95. The molecule has 2 N–H and O–H groups in total. The minimum absolute atomic E-state index is 0.392. The Hall–Kier alpha value is -2.12. The third-order valence-electron chi connectivity index (χ3n) is 2.85. The van der Waals surface area contributed by atoms with Gasteiger partial charge in [0.25, 0.3) is 0 Å². The average molecular weight is 304 g/mol. The number of nitrogens with zero attached hydrogens (tertiary/aromatic N) is 2. The normalized spacial score (nSPS) is 11.2. The predicted molar refractivity (Wildman–Crippen MR) is 84.5 cm³/mol. The Balaban J connectivity index is 2.41. The Morgan fingerprint density at radius 1 is 1.29 bits per heavy atom. The van der Waals surface area contributed by atoms with E-state index in [0.29, 0.717) is 28.8 Å². The molecular weight excluding hydrogens is 286 g/mol. The molecule has 1 aromatic carbocycles. The Bertz CT molecular complexity index is 675. The fraction of sp³-hybridized carbons (Fsp3) is 0.312. The molecule has 0 fully saturated rings. The van der Waals surface area contributed by atoms with Crippen LogP contribution >= 0.6 is 11.6 Å². The van der Waals surface area contributed by atoms with Crippen molar-refractivity contribution in [1.29, 1.82) is 5.26 Å². The number of anilines is 1. The largest absolute Gasteiger partial charge is 0.472 e. The molecule has 1 heterocycles. The van der Waals surface area contributed by atoms with Gasteiger partial charge in [0.05, 0.1) is 12.2 Å². The molecule has 0 saturated carbocycles. The fourth-order valence-electron chi connectivity index (χ4n) is 1.98. The summed E-state index contributed by atoms with van der Waals surface area (Å²) in [6.45, 7) is 6.33. The third-order valence-corrected chi connectivity index (χ3v) is 3.10. The standard InChI is InChI=1S/C16H18ClN3O/c1-16(2,3)21-15-14(19)8-13(9-18)20(15)10-11-4-6-12(17)7-5-11/h4-8H,10,19H2,1-3H3. The number of nitrogen functional groups attached to an aromatic ring is 1. The molecule has 2 aromatic rings. The summed E-state index contributed by atoms with van der Waals surface area (Å²) in [5.74, 6) is 0.522. The highest BCUT2D eigenvalue weighted by atomic mass is 35.5. The van der Waals surface area contributed by atoms with Crippen LogP contribution < -0.4 is 10.5 Å². The SMILES string of the molecule is CC(C)(C)Oc1c(N)cc(C#N)n1Cc1ccc(Cl)cc1. The highest BCUT2D eigenvalue weighted by molar-refractivity contribution is 6.30. The van der Waals surface area contributed by atoms with E-state index in [1.54, 1.807) is 10.6 Å². The number of aromatic nitrogens is 1. The molecule has 4 nitrogen and oxygen atoms in total. The van der Waals surface area contributed by atoms with Crippen LogP contribution in [0.4, 0.5) is 5.69 Å². The molecule has 110 valence electrons. The van der Waals surface area contributed by atoms with Crippen LogP contribution in [0, 0.1) is 11.3 Å². The number of nitriles is 1. The molecule has 0 aliphatic heterocycles. The quantitative estimate of drug-likeness (QED) is 0.937. The van der Waals surface area contributed by atoms with E-state index in [9.17, 15) is 5.26 Å². The van der Waals surface area contributed by atoms with Gasteiger partial charge in [-0.15, -0.1) is 0 Å². The van der Waals surface area contributed by atoms with Crippen molar-refractivity contribution in [3.8, 4) is 11.9 Å². The van der Waals surface area contributed by atoms with E-state index >= 15 is 0 Å². The van der Waals surface area contributed by atoms with E-state index in [0.717, 1.165) is 5.56 Å². The monoisotopic (exact) mass is 303 g/mol. The first-order valence-electron chi connectivity index (χ1n) is 6.63. The maximum atomic E-state index is 9.27. The second-order valence-corrected chi connectivity index (χ2v) is 6.27. The van der Waals surface area contributed by atoms with Crippen LogP contribution in [0.1, 0.15) is 32.0 Å². The van der Waals surface area contributed by atoms with Gasteiger partial charge in [-0.3, -0.25) is 4.57 Å². The molecule has 0 saturated heterocycles. The minimum atomic E-state index is -0.392. The molecule has 2 rings (SSSR count). The van der Waals surface area contributed by atoms with Crippen LogP contribution in [0.15, 0.2) is 30.3 Å². The lowest BCUT2D eigenvalue weighted by atomic mass is 10.2. The smallest absolute Gasteiger partial charge is 0.219 e.